The summed E-state index contributed by atoms with van der Waals surface area (Å²) >= 11 is 0. The Hall–Kier alpha value is -1.33. The van der Waals surface area contributed by atoms with Crippen molar-refractivity contribution in [2.24, 2.45) is 5.73 Å². The van der Waals surface area contributed by atoms with Crippen LogP contribution in [0, 0.1) is 0 Å². The largest absolute Gasteiger partial charge is 0.383 e. The van der Waals surface area contributed by atoms with Crippen molar-refractivity contribution in [1.82, 2.24) is 9.47 Å². The van der Waals surface area contributed by atoms with Crippen LogP contribution in [0.15, 0.2) is 18.3 Å². The van der Waals surface area contributed by atoms with Crippen LogP contribution in [-0.2, 0) is 11.3 Å². The molecule has 1 amide bonds. The quantitative estimate of drug-likeness (QED) is 0.819. The van der Waals surface area contributed by atoms with Gasteiger partial charge in [0.25, 0.3) is 5.91 Å². The maximum atomic E-state index is 12.2. The molecule has 0 saturated carbocycles. The number of carbonyl (C=O) groups is 1. The molecule has 0 aromatic carbocycles. The number of amides is 1. The average molecular weight is 237 g/mol. The molecule has 5 nitrogen and oxygen atoms in total. The highest BCUT2D eigenvalue weighted by Crippen LogP contribution is 2.13. The van der Waals surface area contributed by atoms with Crippen molar-refractivity contribution in [2.75, 3.05) is 26.8 Å². The fourth-order valence-corrected chi connectivity index (χ4v) is 2.13. The van der Waals surface area contributed by atoms with Crippen LogP contribution in [0.2, 0.25) is 0 Å². The highest BCUT2D eigenvalue weighted by Gasteiger charge is 2.25. The van der Waals surface area contributed by atoms with E-state index in [1.807, 2.05) is 27.8 Å². The van der Waals surface area contributed by atoms with E-state index in [9.17, 15) is 4.79 Å². The van der Waals surface area contributed by atoms with E-state index in [-0.39, 0.29) is 11.9 Å². The zero-order chi connectivity index (χ0) is 12.3. The van der Waals surface area contributed by atoms with E-state index in [1.54, 1.807) is 7.11 Å². The molecular formula is C12H19N3O2. The number of nitrogens with zero attached hydrogens (tertiary/aromatic N) is 2. The molecule has 1 aliphatic heterocycles. The Bertz CT molecular complexity index is 389. The molecule has 5 heteroatoms. The standard InChI is InChI=1S/C12H19N3O2/c1-17-8-7-14-5-2-3-11(14)12(16)15-6-4-10(13)9-15/h2-3,5,10H,4,6-9,13H2,1H3. The molecule has 1 aromatic rings. The summed E-state index contributed by atoms with van der Waals surface area (Å²) in [7, 11) is 1.66. The lowest BCUT2D eigenvalue weighted by atomic mass is 10.3. The first-order chi connectivity index (χ1) is 8.22. The topological polar surface area (TPSA) is 60.5 Å². The van der Waals surface area contributed by atoms with Gasteiger partial charge < -0.3 is 19.9 Å². The molecule has 0 bridgehead atoms. The maximum absolute atomic E-state index is 12.2. The van der Waals surface area contributed by atoms with Crippen LogP contribution < -0.4 is 5.73 Å². The molecule has 2 heterocycles. The zero-order valence-corrected chi connectivity index (χ0v) is 10.1. The van der Waals surface area contributed by atoms with Gasteiger partial charge in [-0.05, 0) is 18.6 Å². The van der Waals surface area contributed by atoms with E-state index < -0.39 is 0 Å². The van der Waals surface area contributed by atoms with Crippen LogP contribution in [0.1, 0.15) is 16.9 Å². The third kappa shape index (κ3) is 2.68. The average Bonchev–Trinajstić information content (AvgIpc) is 2.94. The lowest BCUT2D eigenvalue weighted by Gasteiger charge is -2.17. The van der Waals surface area contributed by atoms with Crippen LogP contribution in [0.3, 0.4) is 0 Å². The molecule has 1 saturated heterocycles. The summed E-state index contributed by atoms with van der Waals surface area (Å²) in [5.41, 5.74) is 6.53. The minimum atomic E-state index is 0.0686. The summed E-state index contributed by atoms with van der Waals surface area (Å²) < 4.78 is 6.95. The molecule has 17 heavy (non-hydrogen) atoms. The van der Waals surface area contributed by atoms with E-state index in [4.69, 9.17) is 10.5 Å². The Labute approximate surface area is 101 Å². The highest BCUT2D eigenvalue weighted by molar-refractivity contribution is 5.93. The van der Waals surface area contributed by atoms with E-state index >= 15 is 0 Å². The fraction of sp³-hybridized carbons (Fsp3) is 0.583. The Morgan fingerprint density at radius 1 is 1.65 bits per heavy atom. The van der Waals surface area contributed by atoms with Gasteiger partial charge in [-0.2, -0.15) is 0 Å². The van der Waals surface area contributed by atoms with Gasteiger partial charge in [-0.25, -0.2) is 0 Å². The second-order valence-corrected chi connectivity index (χ2v) is 4.38. The van der Waals surface area contributed by atoms with Gasteiger partial charge in [0.1, 0.15) is 5.69 Å². The molecule has 2 N–H and O–H groups in total. The third-order valence-corrected chi connectivity index (χ3v) is 3.10. The van der Waals surface area contributed by atoms with Crippen LogP contribution >= 0.6 is 0 Å². The fourth-order valence-electron chi connectivity index (χ4n) is 2.13. The van der Waals surface area contributed by atoms with Crippen LogP contribution in [0.4, 0.5) is 0 Å². The van der Waals surface area contributed by atoms with Crippen molar-refractivity contribution in [1.29, 1.82) is 0 Å². The number of likely N-dealkylation sites (tertiary alicyclic amines) is 1. The number of carbonyl (C=O) groups excluding carboxylic acids is 1. The van der Waals surface area contributed by atoms with Crippen molar-refractivity contribution in [3.8, 4) is 0 Å². The molecule has 1 fully saturated rings. The molecule has 2 rings (SSSR count). The van der Waals surface area contributed by atoms with Gasteiger partial charge in [0.05, 0.1) is 6.61 Å². The van der Waals surface area contributed by atoms with Crippen LogP contribution in [0.5, 0.6) is 0 Å². The van der Waals surface area contributed by atoms with E-state index in [2.05, 4.69) is 0 Å². The summed E-state index contributed by atoms with van der Waals surface area (Å²) in [6, 6.07) is 3.86. The summed E-state index contributed by atoms with van der Waals surface area (Å²) in [4.78, 5) is 14.1. The van der Waals surface area contributed by atoms with Gasteiger partial charge in [0.15, 0.2) is 0 Å². The second-order valence-electron chi connectivity index (χ2n) is 4.38. The molecular weight excluding hydrogens is 218 g/mol. The lowest BCUT2D eigenvalue weighted by molar-refractivity contribution is 0.0777. The monoisotopic (exact) mass is 237 g/mol. The Balaban J connectivity index is 2.06. The van der Waals surface area contributed by atoms with E-state index in [0.717, 1.165) is 18.7 Å². The molecule has 1 aromatic heterocycles. The molecule has 0 spiro atoms. The number of hydrogen-bond donors (Lipinski definition) is 1. The minimum absolute atomic E-state index is 0.0686. The zero-order valence-electron chi connectivity index (χ0n) is 10.1. The van der Waals surface area contributed by atoms with Gasteiger partial charge >= 0.3 is 0 Å². The number of ether oxygens (including phenoxy) is 1. The molecule has 0 radical (unpaired) electrons. The first-order valence-electron chi connectivity index (χ1n) is 5.91. The summed E-state index contributed by atoms with van der Waals surface area (Å²) in [5, 5.41) is 0. The normalized spacial score (nSPS) is 19.9. The first kappa shape index (κ1) is 12.1. The van der Waals surface area contributed by atoms with E-state index in [1.165, 1.54) is 0 Å². The van der Waals surface area contributed by atoms with Crippen LogP contribution in [0.25, 0.3) is 0 Å². The summed E-state index contributed by atoms with van der Waals surface area (Å²) in [6.45, 7) is 2.72. The number of methoxy groups -OCH3 is 1. The van der Waals surface area contributed by atoms with Crippen molar-refractivity contribution >= 4 is 5.91 Å². The predicted molar refractivity (Wildman–Crippen MR) is 64.8 cm³/mol. The molecule has 0 aliphatic carbocycles. The Morgan fingerprint density at radius 2 is 2.47 bits per heavy atom. The first-order valence-corrected chi connectivity index (χ1v) is 5.91. The second kappa shape index (κ2) is 5.33. The van der Waals surface area contributed by atoms with Gasteiger partial charge in [0.2, 0.25) is 0 Å². The molecule has 94 valence electrons. The van der Waals surface area contributed by atoms with E-state index in [0.29, 0.717) is 19.7 Å². The SMILES string of the molecule is COCCn1cccc1C(=O)N1CCC(N)C1. The smallest absolute Gasteiger partial charge is 0.270 e. The van der Waals surface area contributed by atoms with Crippen molar-refractivity contribution < 1.29 is 9.53 Å². The van der Waals surface area contributed by atoms with Gasteiger partial charge in [0, 0.05) is 39.0 Å². The van der Waals surface area contributed by atoms with Gasteiger partial charge in [-0.3, -0.25) is 4.79 Å². The van der Waals surface area contributed by atoms with Crippen LogP contribution in [-0.4, -0.2) is 48.2 Å². The maximum Gasteiger partial charge on any atom is 0.270 e. The van der Waals surface area contributed by atoms with Crippen molar-refractivity contribution in [3.05, 3.63) is 24.0 Å². The lowest BCUT2D eigenvalue weighted by Crippen LogP contribution is -2.33. The number of nitrogens with two attached hydrogens (primary N) is 1. The number of hydrogen-bond acceptors (Lipinski definition) is 3. The summed E-state index contributed by atoms with van der Waals surface area (Å²) in [5.74, 6) is 0.0686. The van der Waals surface area contributed by atoms with Crippen molar-refractivity contribution in [3.63, 3.8) is 0 Å². The predicted octanol–water partition coefficient (Wildman–Crippen LogP) is 0.308. The molecule has 1 unspecified atom stereocenters. The van der Waals surface area contributed by atoms with Crippen molar-refractivity contribution in [2.45, 2.75) is 19.0 Å². The molecule has 1 aliphatic rings. The number of rotatable bonds is 4. The molecule has 1 atom stereocenters. The minimum Gasteiger partial charge on any atom is -0.383 e. The van der Waals surface area contributed by atoms with Gasteiger partial charge in [-0.1, -0.05) is 0 Å². The van der Waals surface area contributed by atoms with Gasteiger partial charge in [-0.15, -0.1) is 0 Å². The number of aromatic nitrogens is 1. The highest BCUT2D eigenvalue weighted by atomic mass is 16.5. The Morgan fingerprint density at radius 3 is 3.12 bits per heavy atom. The summed E-state index contributed by atoms with van der Waals surface area (Å²) in [6.07, 6.45) is 2.80. The Kier molecular flexibility index (Phi) is 3.81. The third-order valence-electron chi connectivity index (χ3n) is 3.10.